The van der Waals surface area contributed by atoms with Gasteiger partial charge in [0.15, 0.2) is 11.5 Å². The fourth-order valence-electron chi connectivity index (χ4n) is 3.25. The zero-order valence-corrected chi connectivity index (χ0v) is 19.5. The van der Waals surface area contributed by atoms with Crippen LogP contribution in [0.15, 0.2) is 68.6 Å². The highest BCUT2D eigenvalue weighted by Crippen LogP contribution is 2.41. The summed E-state index contributed by atoms with van der Waals surface area (Å²) in [6, 6.07) is 17.2. The topological polar surface area (TPSA) is 73.1 Å². The van der Waals surface area contributed by atoms with Gasteiger partial charge in [-0.2, -0.15) is 4.98 Å². The molecule has 1 aliphatic heterocycles. The minimum absolute atomic E-state index is 0.407. The van der Waals surface area contributed by atoms with Crippen molar-refractivity contribution < 1.29 is 9.15 Å². The molecule has 0 saturated carbocycles. The summed E-state index contributed by atoms with van der Waals surface area (Å²) in [5, 5.41) is 13.3. The molecule has 4 aromatic rings. The average Bonchev–Trinajstić information content (AvgIpc) is 3.20. The molecule has 9 heteroatoms. The molecule has 3 heterocycles. The number of ether oxygens (including phenoxy) is 1. The number of benzene rings is 2. The van der Waals surface area contributed by atoms with Crippen molar-refractivity contribution in [1.82, 2.24) is 15.2 Å². The summed E-state index contributed by atoms with van der Waals surface area (Å²) in [7, 11) is 0. The van der Waals surface area contributed by atoms with E-state index < -0.39 is 6.23 Å². The molecule has 156 valence electrons. The minimum Gasteiger partial charge on any atom is -0.455 e. The van der Waals surface area contributed by atoms with Gasteiger partial charge in [-0.25, -0.2) is 0 Å². The Morgan fingerprint density at radius 2 is 1.94 bits per heavy atom. The SMILES string of the molecule is CCSc1nnc2c(n1)O[C@@H](c1ccc(-c3ccc(Cl)cc3)o1)Nc1ccc(Br)cc1-2. The van der Waals surface area contributed by atoms with Gasteiger partial charge in [-0.1, -0.05) is 46.2 Å². The number of thioether (sulfide) groups is 1. The van der Waals surface area contributed by atoms with Gasteiger partial charge in [-0.15, -0.1) is 10.2 Å². The maximum absolute atomic E-state index is 6.25. The summed E-state index contributed by atoms with van der Waals surface area (Å²) in [4.78, 5) is 4.60. The van der Waals surface area contributed by atoms with Crippen LogP contribution in [0.1, 0.15) is 18.9 Å². The smallest absolute Gasteiger partial charge is 0.247 e. The first-order valence-corrected chi connectivity index (χ1v) is 11.7. The number of fused-ring (bicyclic) bond motifs is 3. The van der Waals surface area contributed by atoms with Gasteiger partial charge in [0, 0.05) is 26.3 Å². The number of furan rings is 1. The maximum Gasteiger partial charge on any atom is 0.247 e. The van der Waals surface area contributed by atoms with Crippen LogP contribution in [0, 0.1) is 0 Å². The predicted molar refractivity (Wildman–Crippen MR) is 126 cm³/mol. The quantitative estimate of drug-likeness (QED) is 0.299. The maximum atomic E-state index is 6.25. The van der Waals surface area contributed by atoms with Crippen LogP contribution >= 0.6 is 39.3 Å². The van der Waals surface area contributed by atoms with Gasteiger partial charge in [0.25, 0.3) is 0 Å². The molecule has 0 bridgehead atoms. The number of anilines is 1. The molecule has 2 aromatic carbocycles. The number of aromatic nitrogens is 3. The van der Waals surface area contributed by atoms with Crippen molar-refractivity contribution in [3.8, 4) is 28.5 Å². The normalized spacial score (nSPS) is 14.7. The van der Waals surface area contributed by atoms with Crippen LogP contribution in [-0.2, 0) is 0 Å². The van der Waals surface area contributed by atoms with Crippen molar-refractivity contribution in [2.75, 3.05) is 11.1 Å². The van der Waals surface area contributed by atoms with Crippen LogP contribution in [-0.4, -0.2) is 20.9 Å². The first-order valence-electron chi connectivity index (χ1n) is 9.57. The summed E-state index contributed by atoms with van der Waals surface area (Å²) >= 11 is 11.0. The highest BCUT2D eigenvalue weighted by Gasteiger charge is 2.28. The molecule has 6 nitrogen and oxygen atoms in total. The second-order valence-electron chi connectivity index (χ2n) is 6.72. The van der Waals surface area contributed by atoms with Crippen LogP contribution in [0.4, 0.5) is 5.69 Å². The van der Waals surface area contributed by atoms with Gasteiger partial charge in [-0.3, -0.25) is 0 Å². The standard InChI is InChI=1S/C22H16BrClN4O2S/c1-2-31-22-26-21-19(27-28-22)15-11-13(23)5-8-16(15)25-20(30-21)18-10-9-17(29-18)12-3-6-14(24)7-4-12/h3-11,20,25H,2H2,1H3/t20-/m0/s1. The van der Waals surface area contributed by atoms with E-state index in [4.69, 9.17) is 20.8 Å². The van der Waals surface area contributed by atoms with E-state index in [1.54, 1.807) is 0 Å². The predicted octanol–water partition coefficient (Wildman–Crippen LogP) is 6.83. The van der Waals surface area contributed by atoms with Crippen LogP contribution < -0.4 is 10.1 Å². The van der Waals surface area contributed by atoms with Crippen LogP contribution in [0.25, 0.3) is 22.6 Å². The number of nitrogens with zero attached hydrogens (tertiary/aromatic N) is 3. The number of halogens is 2. The first kappa shape index (κ1) is 20.4. The van der Waals surface area contributed by atoms with Gasteiger partial charge in [0.1, 0.15) is 5.76 Å². The molecule has 0 aliphatic carbocycles. The monoisotopic (exact) mass is 514 g/mol. The third-order valence-corrected chi connectivity index (χ3v) is 6.14. The summed E-state index contributed by atoms with van der Waals surface area (Å²) < 4.78 is 13.3. The van der Waals surface area contributed by atoms with Gasteiger partial charge in [-0.05, 0) is 60.4 Å². The number of rotatable bonds is 4. The Labute approximate surface area is 196 Å². The van der Waals surface area contributed by atoms with E-state index >= 15 is 0 Å². The molecule has 1 aliphatic rings. The van der Waals surface area contributed by atoms with Crippen molar-refractivity contribution in [3.05, 3.63) is 69.9 Å². The Morgan fingerprint density at radius 3 is 2.74 bits per heavy atom. The van der Waals surface area contributed by atoms with Gasteiger partial charge in [0.05, 0.1) is 0 Å². The summed E-state index contributed by atoms with van der Waals surface area (Å²) in [6.45, 7) is 2.04. The van der Waals surface area contributed by atoms with E-state index in [2.05, 4.69) is 36.4 Å². The second-order valence-corrected chi connectivity index (χ2v) is 9.31. The highest BCUT2D eigenvalue weighted by molar-refractivity contribution is 9.10. The molecule has 5 rings (SSSR count). The van der Waals surface area contributed by atoms with Gasteiger partial charge in [0.2, 0.25) is 17.3 Å². The van der Waals surface area contributed by atoms with E-state index in [9.17, 15) is 0 Å². The molecule has 0 spiro atoms. The molecule has 0 fully saturated rings. The fourth-order valence-corrected chi connectivity index (χ4v) is 4.24. The second kappa shape index (κ2) is 8.53. The van der Waals surface area contributed by atoms with E-state index in [1.807, 2.05) is 61.5 Å². The Kier molecular flexibility index (Phi) is 5.60. The molecule has 0 unspecified atom stereocenters. The van der Waals surface area contributed by atoms with E-state index in [1.165, 1.54) is 11.8 Å². The molecule has 0 amide bonds. The van der Waals surface area contributed by atoms with Gasteiger partial charge < -0.3 is 14.5 Å². The Hall–Kier alpha value is -2.55. The van der Waals surface area contributed by atoms with Crippen molar-refractivity contribution >= 4 is 45.0 Å². The number of hydrogen-bond acceptors (Lipinski definition) is 7. The van der Waals surface area contributed by atoms with Gasteiger partial charge >= 0.3 is 0 Å². The third-order valence-electron chi connectivity index (χ3n) is 4.68. The number of nitrogens with one attached hydrogen (secondary N) is 1. The highest BCUT2D eigenvalue weighted by atomic mass is 79.9. The zero-order valence-electron chi connectivity index (χ0n) is 16.3. The molecular weight excluding hydrogens is 500 g/mol. The lowest BCUT2D eigenvalue weighted by molar-refractivity contribution is 0.196. The van der Waals surface area contributed by atoms with Crippen molar-refractivity contribution in [2.45, 2.75) is 18.3 Å². The Bertz CT molecular complexity index is 1250. The molecule has 0 saturated heterocycles. The zero-order chi connectivity index (χ0) is 21.4. The first-order chi connectivity index (χ1) is 15.1. The lowest BCUT2D eigenvalue weighted by atomic mass is 10.1. The lowest BCUT2D eigenvalue weighted by Gasteiger charge is -2.16. The summed E-state index contributed by atoms with van der Waals surface area (Å²) in [5.74, 6) is 2.59. The van der Waals surface area contributed by atoms with Crippen LogP contribution in [0.3, 0.4) is 0 Å². The largest absolute Gasteiger partial charge is 0.455 e. The molecule has 0 radical (unpaired) electrons. The molecular formula is C22H16BrClN4O2S. The van der Waals surface area contributed by atoms with E-state index in [0.717, 1.165) is 32.8 Å². The minimum atomic E-state index is -0.585. The summed E-state index contributed by atoms with van der Waals surface area (Å²) in [5.41, 5.74) is 3.21. The Balaban J connectivity index is 1.56. The molecule has 2 aromatic heterocycles. The number of hydrogen-bond donors (Lipinski definition) is 1. The van der Waals surface area contributed by atoms with Crippen molar-refractivity contribution in [1.29, 1.82) is 0 Å². The van der Waals surface area contributed by atoms with Crippen molar-refractivity contribution in [3.63, 3.8) is 0 Å². The lowest BCUT2D eigenvalue weighted by Crippen LogP contribution is -2.16. The third kappa shape index (κ3) is 4.15. The van der Waals surface area contributed by atoms with Crippen LogP contribution in [0.5, 0.6) is 5.88 Å². The molecule has 1 N–H and O–H groups in total. The average molecular weight is 516 g/mol. The van der Waals surface area contributed by atoms with E-state index in [-0.39, 0.29) is 0 Å². The van der Waals surface area contributed by atoms with Crippen molar-refractivity contribution in [2.24, 2.45) is 0 Å². The molecule has 1 atom stereocenters. The Morgan fingerprint density at radius 1 is 1.10 bits per heavy atom. The fraction of sp³-hybridized carbons (Fsp3) is 0.136. The van der Waals surface area contributed by atoms with E-state index in [0.29, 0.717) is 27.5 Å². The summed E-state index contributed by atoms with van der Waals surface area (Å²) in [6.07, 6.45) is -0.585. The van der Waals surface area contributed by atoms with Crippen LogP contribution in [0.2, 0.25) is 5.02 Å². The molecule has 31 heavy (non-hydrogen) atoms.